The van der Waals surface area contributed by atoms with Gasteiger partial charge < -0.3 is 4.42 Å². The van der Waals surface area contributed by atoms with Crippen molar-refractivity contribution < 1.29 is 9.21 Å². The zero-order valence-electron chi connectivity index (χ0n) is 11.7. The molecule has 0 bridgehead atoms. The fourth-order valence-electron chi connectivity index (χ4n) is 2.05. The maximum Gasteiger partial charge on any atom is 0.230 e. The second-order valence-electron chi connectivity index (χ2n) is 4.50. The zero-order chi connectivity index (χ0) is 14.9. The molecule has 2 heterocycles. The highest BCUT2D eigenvalue weighted by molar-refractivity contribution is 5.99. The van der Waals surface area contributed by atoms with E-state index < -0.39 is 0 Å². The number of anilines is 2. The van der Waals surface area contributed by atoms with Crippen molar-refractivity contribution in [2.24, 2.45) is 0 Å². The lowest BCUT2D eigenvalue weighted by Crippen LogP contribution is -2.01. The fourth-order valence-corrected chi connectivity index (χ4v) is 2.05. The minimum absolute atomic E-state index is 0.178. The van der Waals surface area contributed by atoms with Gasteiger partial charge in [0.1, 0.15) is 17.4 Å². The molecule has 2 rings (SSSR count). The van der Waals surface area contributed by atoms with E-state index in [0.717, 1.165) is 11.4 Å². The Morgan fingerprint density at radius 3 is 2.40 bits per heavy atom. The van der Waals surface area contributed by atoms with Crippen LogP contribution in [0.25, 0.3) is 0 Å². The first-order valence-electron chi connectivity index (χ1n) is 6.06. The maximum absolute atomic E-state index is 11.5. The van der Waals surface area contributed by atoms with Crippen molar-refractivity contribution >= 4 is 17.6 Å². The van der Waals surface area contributed by atoms with Gasteiger partial charge in [0.25, 0.3) is 0 Å². The fraction of sp³-hybridized carbons (Fsp3) is 0.286. The molecule has 0 unspecified atom stereocenters. The molecule has 0 aliphatic heterocycles. The average Bonchev–Trinajstić information content (AvgIpc) is 2.63. The summed E-state index contributed by atoms with van der Waals surface area (Å²) in [5.74, 6) is 0.723. The number of rotatable bonds is 3. The molecule has 0 spiro atoms. The van der Waals surface area contributed by atoms with E-state index in [1.54, 1.807) is 6.92 Å². The highest BCUT2D eigenvalue weighted by Crippen LogP contribution is 2.28. The van der Waals surface area contributed by atoms with Crippen LogP contribution in [0.5, 0.6) is 0 Å². The first-order valence-corrected chi connectivity index (χ1v) is 6.06. The highest BCUT2D eigenvalue weighted by Gasteiger charge is 2.21. The summed E-state index contributed by atoms with van der Waals surface area (Å²) in [6, 6.07) is 3.82. The van der Waals surface area contributed by atoms with Crippen LogP contribution in [0.4, 0.5) is 11.8 Å². The quantitative estimate of drug-likeness (QED) is 0.862. The number of Topliss-reactive ketones (excluding diaryl/α,β-unsaturated/α-hetero) is 1. The van der Waals surface area contributed by atoms with Crippen molar-refractivity contribution in [1.82, 2.24) is 9.97 Å². The number of carbonyl (C=O) groups is 1. The standard InChI is InChI=1S/C14H14N4O2/c1-7-5-8(2)17-14(16-7)18-13-11(6-15)12(9(3)19)10(4)20-13/h5H,1-4H3,(H,16,17,18). The molecule has 0 atom stereocenters. The lowest BCUT2D eigenvalue weighted by atomic mass is 10.1. The predicted octanol–water partition coefficient (Wildman–Crippen LogP) is 2.81. The van der Waals surface area contributed by atoms with Gasteiger partial charge in [-0.25, -0.2) is 9.97 Å². The number of aryl methyl sites for hydroxylation is 3. The van der Waals surface area contributed by atoms with E-state index in [1.807, 2.05) is 26.0 Å². The van der Waals surface area contributed by atoms with Crippen molar-refractivity contribution in [3.8, 4) is 6.07 Å². The van der Waals surface area contributed by atoms with E-state index in [-0.39, 0.29) is 17.2 Å². The van der Waals surface area contributed by atoms with Crippen molar-refractivity contribution in [1.29, 1.82) is 5.26 Å². The Labute approximate surface area is 116 Å². The molecule has 1 N–H and O–H groups in total. The maximum atomic E-state index is 11.5. The molecular weight excluding hydrogens is 256 g/mol. The average molecular weight is 270 g/mol. The molecule has 102 valence electrons. The van der Waals surface area contributed by atoms with Crippen LogP contribution in [0.2, 0.25) is 0 Å². The number of ketones is 1. The van der Waals surface area contributed by atoms with Gasteiger partial charge in [0.2, 0.25) is 11.8 Å². The second-order valence-corrected chi connectivity index (χ2v) is 4.50. The van der Waals surface area contributed by atoms with Crippen LogP contribution in [0.3, 0.4) is 0 Å². The Kier molecular flexibility index (Phi) is 3.53. The summed E-state index contributed by atoms with van der Waals surface area (Å²) in [6.07, 6.45) is 0. The van der Waals surface area contributed by atoms with Crippen LogP contribution in [-0.2, 0) is 0 Å². The molecule has 0 saturated carbocycles. The van der Waals surface area contributed by atoms with Crippen molar-refractivity contribution in [2.45, 2.75) is 27.7 Å². The highest BCUT2D eigenvalue weighted by atomic mass is 16.4. The van der Waals surface area contributed by atoms with Gasteiger partial charge in [0, 0.05) is 11.4 Å². The Morgan fingerprint density at radius 1 is 1.30 bits per heavy atom. The summed E-state index contributed by atoms with van der Waals surface area (Å²) >= 11 is 0. The molecule has 0 fully saturated rings. The summed E-state index contributed by atoms with van der Waals surface area (Å²) in [5.41, 5.74) is 2.07. The van der Waals surface area contributed by atoms with Gasteiger partial charge >= 0.3 is 0 Å². The van der Waals surface area contributed by atoms with E-state index in [0.29, 0.717) is 17.3 Å². The topological polar surface area (TPSA) is 91.8 Å². The summed E-state index contributed by atoms with van der Waals surface area (Å²) in [6.45, 7) is 6.74. The number of carbonyl (C=O) groups excluding carboxylic acids is 1. The lowest BCUT2D eigenvalue weighted by molar-refractivity contribution is 0.101. The third-order valence-corrected chi connectivity index (χ3v) is 2.76. The van der Waals surface area contributed by atoms with E-state index in [1.165, 1.54) is 6.92 Å². The van der Waals surface area contributed by atoms with Gasteiger partial charge in [-0.15, -0.1) is 0 Å². The van der Waals surface area contributed by atoms with Crippen LogP contribution in [0.1, 0.15) is 40.0 Å². The second kappa shape index (κ2) is 5.13. The SMILES string of the molecule is CC(=O)c1c(C)oc(Nc2nc(C)cc(C)n2)c1C#N. The molecule has 2 aromatic rings. The predicted molar refractivity (Wildman–Crippen MR) is 73.0 cm³/mol. The first-order chi connectivity index (χ1) is 9.42. The van der Waals surface area contributed by atoms with Crippen LogP contribution in [0.15, 0.2) is 10.5 Å². The van der Waals surface area contributed by atoms with Crippen LogP contribution < -0.4 is 5.32 Å². The van der Waals surface area contributed by atoms with Crippen molar-refractivity contribution in [2.75, 3.05) is 5.32 Å². The molecule has 20 heavy (non-hydrogen) atoms. The molecule has 0 aliphatic carbocycles. The summed E-state index contributed by atoms with van der Waals surface area (Å²) in [4.78, 5) is 20.0. The Bertz CT molecular complexity index is 705. The summed E-state index contributed by atoms with van der Waals surface area (Å²) < 4.78 is 5.45. The number of nitrogens with one attached hydrogen (secondary N) is 1. The zero-order valence-corrected chi connectivity index (χ0v) is 11.7. The third kappa shape index (κ3) is 2.52. The lowest BCUT2D eigenvalue weighted by Gasteiger charge is -2.04. The number of hydrogen-bond acceptors (Lipinski definition) is 6. The van der Waals surface area contributed by atoms with Gasteiger partial charge in [0.05, 0.1) is 5.56 Å². The molecule has 2 aromatic heterocycles. The number of aromatic nitrogens is 2. The normalized spacial score (nSPS) is 10.2. The van der Waals surface area contributed by atoms with Gasteiger partial charge in [-0.3, -0.25) is 10.1 Å². The smallest absolute Gasteiger partial charge is 0.230 e. The number of nitrogens with zero attached hydrogens (tertiary/aromatic N) is 3. The van der Waals surface area contributed by atoms with E-state index in [2.05, 4.69) is 15.3 Å². The summed E-state index contributed by atoms with van der Waals surface area (Å²) in [5, 5.41) is 12.1. The minimum Gasteiger partial charge on any atom is -0.443 e. The molecule has 6 heteroatoms. The van der Waals surface area contributed by atoms with Crippen LogP contribution in [-0.4, -0.2) is 15.8 Å². The van der Waals surface area contributed by atoms with Gasteiger partial charge in [0.15, 0.2) is 5.78 Å². The molecule has 0 amide bonds. The first kappa shape index (κ1) is 13.7. The molecule has 0 aromatic carbocycles. The van der Waals surface area contributed by atoms with Gasteiger partial charge in [-0.2, -0.15) is 5.26 Å². The molecular formula is C14H14N4O2. The Morgan fingerprint density at radius 2 is 1.90 bits per heavy atom. The molecule has 0 aliphatic rings. The Balaban J connectivity index is 2.47. The molecule has 6 nitrogen and oxygen atoms in total. The van der Waals surface area contributed by atoms with Crippen LogP contribution >= 0.6 is 0 Å². The largest absolute Gasteiger partial charge is 0.443 e. The van der Waals surface area contributed by atoms with E-state index in [9.17, 15) is 10.1 Å². The number of furan rings is 1. The van der Waals surface area contributed by atoms with E-state index >= 15 is 0 Å². The minimum atomic E-state index is -0.211. The van der Waals surface area contributed by atoms with E-state index in [4.69, 9.17) is 4.42 Å². The van der Waals surface area contributed by atoms with Crippen molar-refractivity contribution in [3.05, 3.63) is 34.3 Å². The number of hydrogen-bond donors (Lipinski definition) is 1. The monoisotopic (exact) mass is 270 g/mol. The van der Waals surface area contributed by atoms with Gasteiger partial charge in [-0.1, -0.05) is 0 Å². The summed E-state index contributed by atoms with van der Waals surface area (Å²) in [7, 11) is 0. The van der Waals surface area contributed by atoms with Crippen LogP contribution in [0, 0.1) is 32.1 Å². The molecule has 0 radical (unpaired) electrons. The van der Waals surface area contributed by atoms with Crippen molar-refractivity contribution in [3.63, 3.8) is 0 Å². The number of nitriles is 1. The Hall–Kier alpha value is -2.68. The third-order valence-electron chi connectivity index (χ3n) is 2.76. The van der Waals surface area contributed by atoms with Gasteiger partial charge in [-0.05, 0) is 33.8 Å². The molecule has 0 saturated heterocycles.